The van der Waals surface area contributed by atoms with E-state index in [9.17, 15) is 4.79 Å². The largest absolute Gasteiger partial charge is 0.491 e. The number of thioether (sulfide) groups is 1. The minimum Gasteiger partial charge on any atom is -0.491 e. The molecule has 1 rings (SSSR count). The fourth-order valence-corrected chi connectivity index (χ4v) is 3.66. The third-order valence-corrected chi connectivity index (χ3v) is 5.46. The summed E-state index contributed by atoms with van der Waals surface area (Å²) in [5.41, 5.74) is 3.87. The van der Waals surface area contributed by atoms with Gasteiger partial charge in [-0.25, -0.2) is 0 Å². The van der Waals surface area contributed by atoms with Gasteiger partial charge >= 0.3 is 5.97 Å². The molecule has 0 amide bonds. The Morgan fingerprint density at radius 3 is 2.37 bits per heavy atom. The van der Waals surface area contributed by atoms with Crippen LogP contribution in [0.5, 0.6) is 5.75 Å². The number of ether oxygens (including phenoxy) is 2. The minimum atomic E-state index is -0.0660. The molecule has 0 fully saturated rings. The zero-order chi connectivity index (χ0) is 20.4. The van der Waals surface area contributed by atoms with Crippen LogP contribution in [0.1, 0.15) is 76.0 Å². The zero-order valence-corrected chi connectivity index (χ0v) is 19.1. The van der Waals surface area contributed by atoms with Crippen molar-refractivity contribution in [2.24, 2.45) is 5.92 Å². The van der Waals surface area contributed by atoms with E-state index in [4.69, 9.17) is 9.47 Å². The monoisotopic (exact) mass is 394 g/mol. The molecule has 0 radical (unpaired) electrons. The molecule has 0 N–H and O–H groups in total. The van der Waals surface area contributed by atoms with Crippen molar-refractivity contribution in [1.82, 2.24) is 0 Å². The summed E-state index contributed by atoms with van der Waals surface area (Å²) in [4.78, 5) is 12.2. The van der Waals surface area contributed by atoms with Crippen molar-refractivity contribution in [2.75, 3.05) is 18.6 Å². The fraction of sp³-hybridized carbons (Fsp3) is 0.696. The van der Waals surface area contributed by atoms with Crippen molar-refractivity contribution in [2.45, 2.75) is 79.2 Å². The summed E-state index contributed by atoms with van der Waals surface area (Å²) in [6.07, 6.45) is 6.30. The van der Waals surface area contributed by atoms with Crippen molar-refractivity contribution in [3.05, 3.63) is 28.8 Å². The van der Waals surface area contributed by atoms with Crippen molar-refractivity contribution >= 4 is 17.7 Å². The van der Waals surface area contributed by atoms with E-state index in [1.807, 2.05) is 13.2 Å². The van der Waals surface area contributed by atoms with Crippen molar-refractivity contribution in [1.29, 1.82) is 0 Å². The maximum absolute atomic E-state index is 12.2. The molecule has 0 aliphatic heterocycles. The summed E-state index contributed by atoms with van der Waals surface area (Å²) in [5.74, 6) is 2.17. The molecule has 1 aromatic carbocycles. The van der Waals surface area contributed by atoms with Gasteiger partial charge in [-0.2, -0.15) is 11.8 Å². The van der Waals surface area contributed by atoms with E-state index in [2.05, 4.69) is 46.8 Å². The van der Waals surface area contributed by atoms with Crippen LogP contribution in [-0.4, -0.2) is 30.7 Å². The van der Waals surface area contributed by atoms with E-state index in [0.717, 1.165) is 37.2 Å². The van der Waals surface area contributed by atoms with Gasteiger partial charge in [-0.1, -0.05) is 26.3 Å². The Morgan fingerprint density at radius 1 is 1.07 bits per heavy atom. The van der Waals surface area contributed by atoms with Crippen LogP contribution >= 0.6 is 11.8 Å². The summed E-state index contributed by atoms with van der Waals surface area (Å²) in [6, 6.07) is 4.46. The molecule has 0 aliphatic rings. The first kappa shape index (κ1) is 23.9. The molecule has 0 aliphatic carbocycles. The summed E-state index contributed by atoms with van der Waals surface area (Å²) in [5, 5.41) is 0. The number of benzene rings is 1. The molecule has 3 nitrogen and oxygen atoms in total. The van der Waals surface area contributed by atoms with Crippen molar-refractivity contribution in [3.8, 4) is 5.75 Å². The van der Waals surface area contributed by atoms with Crippen LogP contribution in [-0.2, 0) is 9.53 Å². The molecular formula is C23H38O3S. The van der Waals surface area contributed by atoms with Gasteiger partial charge < -0.3 is 9.47 Å². The Kier molecular flexibility index (Phi) is 10.9. The Labute approximate surface area is 170 Å². The van der Waals surface area contributed by atoms with Gasteiger partial charge in [0.2, 0.25) is 0 Å². The van der Waals surface area contributed by atoms with E-state index in [-0.39, 0.29) is 18.0 Å². The van der Waals surface area contributed by atoms with E-state index >= 15 is 0 Å². The quantitative estimate of drug-likeness (QED) is 0.308. The second-order valence-corrected chi connectivity index (χ2v) is 8.75. The van der Waals surface area contributed by atoms with Gasteiger partial charge in [-0.3, -0.25) is 4.79 Å². The molecule has 154 valence electrons. The summed E-state index contributed by atoms with van der Waals surface area (Å²) < 4.78 is 11.4. The summed E-state index contributed by atoms with van der Waals surface area (Å²) in [6.45, 7) is 13.1. The Morgan fingerprint density at radius 2 is 1.78 bits per heavy atom. The SMILES string of the molecule is CCCC(CCC(C)C(=O)OCCSC)c1cc(OC(C)C)c(C)cc1C. The molecular weight excluding hydrogens is 356 g/mol. The lowest BCUT2D eigenvalue weighted by Crippen LogP contribution is -2.17. The lowest BCUT2D eigenvalue weighted by Gasteiger charge is -2.23. The molecule has 2 unspecified atom stereocenters. The second-order valence-electron chi connectivity index (χ2n) is 7.77. The molecule has 0 saturated carbocycles. The first-order chi connectivity index (χ1) is 12.8. The Hall–Kier alpha value is -1.16. The topological polar surface area (TPSA) is 35.5 Å². The van der Waals surface area contributed by atoms with Crippen LogP contribution in [0.25, 0.3) is 0 Å². The number of hydrogen-bond donors (Lipinski definition) is 0. The normalized spacial score (nSPS) is 13.5. The molecule has 4 heteroatoms. The Balaban J connectivity index is 2.84. The molecule has 0 bridgehead atoms. The van der Waals surface area contributed by atoms with E-state index < -0.39 is 0 Å². The lowest BCUT2D eigenvalue weighted by atomic mass is 9.84. The third kappa shape index (κ3) is 8.16. The van der Waals surface area contributed by atoms with Crippen LogP contribution in [0.15, 0.2) is 12.1 Å². The highest BCUT2D eigenvalue weighted by Crippen LogP contribution is 2.34. The van der Waals surface area contributed by atoms with Crippen molar-refractivity contribution in [3.63, 3.8) is 0 Å². The molecule has 2 atom stereocenters. The fourth-order valence-electron chi connectivity index (χ4n) is 3.41. The average molecular weight is 395 g/mol. The van der Waals surface area contributed by atoms with Crippen LogP contribution in [0.3, 0.4) is 0 Å². The second kappa shape index (κ2) is 12.3. The van der Waals surface area contributed by atoms with E-state index in [1.165, 1.54) is 16.7 Å². The highest BCUT2D eigenvalue weighted by Gasteiger charge is 2.20. The van der Waals surface area contributed by atoms with E-state index in [1.54, 1.807) is 11.8 Å². The van der Waals surface area contributed by atoms with Crippen LogP contribution in [0, 0.1) is 19.8 Å². The first-order valence-electron chi connectivity index (χ1n) is 10.2. The van der Waals surface area contributed by atoms with Crippen molar-refractivity contribution < 1.29 is 14.3 Å². The number of esters is 1. The molecule has 0 spiro atoms. The van der Waals surface area contributed by atoms with Crippen LogP contribution < -0.4 is 4.74 Å². The minimum absolute atomic E-state index is 0.0525. The summed E-state index contributed by atoms with van der Waals surface area (Å²) in [7, 11) is 0. The van der Waals surface area contributed by atoms with Gasteiger partial charge in [-0.15, -0.1) is 0 Å². The van der Waals surface area contributed by atoms with Gasteiger partial charge in [0.1, 0.15) is 12.4 Å². The molecule has 1 aromatic rings. The van der Waals surface area contributed by atoms with Crippen LogP contribution in [0.2, 0.25) is 0 Å². The van der Waals surface area contributed by atoms with E-state index in [0.29, 0.717) is 12.5 Å². The number of carbonyl (C=O) groups excluding carboxylic acids is 1. The summed E-state index contributed by atoms with van der Waals surface area (Å²) >= 11 is 1.70. The molecule has 0 aromatic heterocycles. The highest BCUT2D eigenvalue weighted by molar-refractivity contribution is 7.98. The van der Waals surface area contributed by atoms with Crippen LogP contribution in [0.4, 0.5) is 0 Å². The standard InChI is InChI=1S/C23H38O3S/c1-8-9-20(11-10-17(4)23(24)25-12-13-27-7)21-15-22(26-16(2)3)19(6)14-18(21)5/h14-17,20H,8-13H2,1-7H3. The van der Waals surface area contributed by atoms with Gasteiger partial charge in [-0.05, 0) is 81.9 Å². The molecule has 0 saturated heterocycles. The van der Waals surface area contributed by atoms with Gasteiger partial charge in [0.15, 0.2) is 0 Å². The highest BCUT2D eigenvalue weighted by atomic mass is 32.2. The maximum atomic E-state index is 12.2. The predicted octanol–water partition coefficient (Wildman–Crippen LogP) is 6.30. The number of carbonyl (C=O) groups is 1. The predicted molar refractivity (Wildman–Crippen MR) is 117 cm³/mol. The average Bonchev–Trinajstić information content (AvgIpc) is 2.60. The Bertz CT molecular complexity index is 583. The molecule has 0 heterocycles. The number of hydrogen-bond acceptors (Lipinski definition) is 4. The first-order valence-corrected chi connectivity index (χ1v) is 11.6. The maximum Gasteiger partial charge on any atom is 0.308 e. The number of aryl methyl sites for hydroxylation is 2. The van der Waals surface area contributed by atoms with Gasteiger partial charge in [0, 0.05) is 5.75 Å². The smallest absolute Gasteiger partial charge is 0.308 e. The lowest BCUT2D eigenvalue weighted by molar-refractivity contribution is -0.147. The third-order valence-electron chi connectivity index (χ3n) is 4.89. The van der Waals surface area contributed by atoms with Gasteiger partial charge in [0.05, 0.1) is 12.0 Å². The number of rotatable bonds is 12. The zero-order valence-electron chi connectivity index (χ0n) is 18.3. The molecule has 27 heavy (non-hydrogen) atoms. The van der Waals surface area contributed by atoms with Gasteiger partial charge in [0.25, 0.3) is 0 Å².